The van der Waals surface area contributed by atoms with Crippen LogP contribution in [0.4, 0.5) is 0 Å². The molecule has 0 spiro atoms. The molecule has 0 bridgehead atoms. The minimum Gasteiger partial charge on any atom is -0.480 e. The minimum absolute atomic E-state index is 0.463. The van der Waals surface area contributed by atoms with Crippen LogP contribution in [0.25, 0.3) is 11.3 Å². The molecule has 2 heterocycles. The second-order valence-corrected chi connectivity index (χ2v) is 5.07. The fourth-order valence-electron chi connectivity index (χ4n) is 2.67. The lowest BCUT2D eigenvalue weighted by Gasteiger charge is -2.20. The molecule has 0 fully saturated rings. The third kappa shape index (κ3) is 2.14. The van der Waals surface area contributed by atoms with Gasteiger partial charge in [-0.15, -0.1) is 0 Å². The van der Waals surface area contributed by atoms with E-state index in [0.29, 0.717) is 6.42 Å². The highest BCUT2D eigenvalue weighted by Gasteiger charge is 2.27. The molecule has 98 valence electrons. The number of benzene rings is 1. The topological polar surface area (TPSA) is 55.1 Å². The van der Waals surface area contributed by atoms with Crippen LogP contribution in [-0.2, 0) is 11.2 Å². The fourth-order valence-corrected chi connectivity index (χ4v) is 2.67. The lowest BCUT2D eigenvalue weighted by atomic mass is 10.1. The number of aryl methyl sites for hydroxylation is 2. The molecule has 1 aromatic heterocycles. The monoisotopic (exact) mass is 256 g/mol. The largest absolute Gasteiger partial charge is 0.480 e. The molecule has 0 saturated carbocycles. The number of hydrogen-bond acceptors (Lipinski definition) is 2. The Kier molecular flexibility index (Phi) is 2.85. The predicted octanol–water partition coefficient (Wildman–Crippen LogP) is 2.82. The number of fused-ring (bicyclic) bond motifs is 1. The second kappa shape index (κ2) is 4.53. The molecule has 2 aromatic rings. The summed E-state index contributed by atoms with van der Waals surface area (Å²) in [5.74, 6) is 0.115. The van der Waals surface area contributed by atoms with E-state index in [1.165, 1.54) is 5.56 Å². The average molecular weight is 256 g/mol. The van der Waals surface area contributed by atoms with Gasteiger partial charge in [0.2, 0.25) is 0 Å². The maximum atomic E-state index is 11.3. The Morgan fingerprint density at radius 2 is 2.32 bits per heavy atom. The van der Waals surface area contributed by atoms with Crippen LogP contribution in [0.15, 0.2) is 30.5 Å². The first-order valence-electron chi connectivity index (χ1n) is 6.53. The van der Waals surface area contributed by atoms with Gasteiger partial charge in [0.1, 0.15) is 11.9 Å². The molecule has 0 aliphatic carbocycles. The second-order valence-electron chi connectivity index (χ2n) is 5.07. The van der Waals surface area contributed by atoms with Crippen molar-refractivity contribution in [3.8, 4) is 11.3 Å². The fraction of sp³-hybridized carbons (Fsp3) is 0.333. The van der Waals surface area contributed by atoms with Crippen LogP contribution in [-0.4, -0.2) is 20.6 Å². The number of carbonyl (C=O) groups is 1. The van der Waals surface area contributed by atoms with Gasteiger partial charge in [-0.25, -0.2) is 9.78 Å². The first-order valence-corrected chi connectivity index (χ1v) is 6.53. The molecule has 0 amide bonds. The van der Waals surface area contributed by atoms with Gasteiger partial charge in [0, 0.05) is 18.2 Å². The average Bonchev–Trinajstić information content (AvgIpc) is 2.82. The summed E-state index contributed by atoms with van der Waals surface area (Å²) in [7, 11) is 0. The molecular weight excluding hydrogens is 240 g/mol. The van der Waals surface area contributed by atoms with Crippen LogP contribution in [0.3, 0.4) is 0 Å². The van der Waals surface area contributed by atoms with E-state index in [4.69, 9.17) is 0 Å². The summed E-state index contributed by atoms with van der Waals surface area (Å²) in [5.41, 5.74) is 3.09. The quantitative estimate of drug-likeness (QED) is 0.898. The van der Waals surface area contributed by atoms with Gasteiger partial charge in [-0.3, -0.25) is 0 Å². The molecule has 1 aromatic carbocycles. The van der Waals surface area contributed by atoms with Crippen LogP contribution in [0.1, 0.15) is 30.3 Å². The lowest BCUT2D eigenvalue weighted by molar-refractivity contribution is -0.141. The van der Waals surface area contributed by atoms with E-state index in [1.807, 2.05) is 35.9 Å². The van der Waals surface area contributed by atoms with Crippen LogP contribution >= 0.6 is 0 Å². The molecule has 19 heavy (non-hydrogen) atoms. The number of hydrogen-bond donors (Lipinski definition) is 1. The number of carboxylic acid groups (broad SMARTS) is 1. The summed E-state index contributed by atoms with van der Waals surface area (Å²) in [6, 6.07) is 7.66. The van der Waals surface area contributed by atoms with Gasteiger partial charge in [0.15, 0.2) is 0 Å². The number of aliphatic carboxylic acids is 1. The summed E-state index contributed by atoms with van der Waals surface area (Å²) >= 11 is 0. The van der Waals surface area contributed by atoms with Crippen molar-refractivity contribution in [2.75, 3.05) is 0 Å². The first-order chi connectivity index (χ1) is 9.15. The Bertz CT molecular complexity index is 631. The molecule has 1 unspecified atom stereocenters. The van der Waals surface area contributed by atoms with Crippen molar-refractivity contribution in [3.63, 3.8) is 0 Å². The van der Waals surface area contributed by atoms with Gasteiger partial charge in [-0.05, 0) is 25.8 Å². The van der Waals surface area contributed by atoms with E-state index in [1.54, 1.807) is 0 Å². The molecule has 1 N–H and O–H groups in total. The molecule has 3 rings (SSSR count). The molecular formula is C15H16N2O2. The van der Waals surface area contributed by atoms with Gasteiger partial charge in [-0.1, -0.05) is 23.8 Å². The molecule has 1 atom stereocenters. The van der Waals surface area contributed by atoms with Gasteiger partial charge in [0.05, 0.1) is 5.69 Å². The summed E-state index contributed by atoms with van der Waals surface area (Å²) in [5, 5.41) is 9.26. The maximum absolute atomic E-state index is 11.3. The molecule has 4 nitrogen and oxygen atoms in total. The number of rotatable bonds is 2. The standard InChI is InChI=1S/C15H16N2O2/c1-10-4-2-5-11(8-10)12-9-17-13(15(18)19)6-3-7-14(17)16-12/h2,4-5,8-9,13H,3,6-7H2,1H3,(H,18,19). The Labute approximate surface area is 111 Å². The zero-order chi connectivity index (χ0) is 13.4. The summed E-state index contributed by atoms with van der Waals surface area (Å²) in [4.78, 5) is 15.9. The molecule has 1 aliphatic rings. The predicted molar refractivity (Wildman–Crippen MR) is 72.0 cm³/mol. The lowest BCUT2D eigenvalue weighted by Crippen LogP contribution is -2.24. The van der Waals surface area contributed by atoms with E-state index in [9.17, 15) is 9.90 Å². The molecule has 0 radical (unpaired) electrons. The van der Waals surface area contributed by atoms with Gasteiger partial charge < -0.3 is 9.67 Å². The normalized spacial score (nSPS) is 18.1. The Balaban J connectivity index is 2.04. The Morgan fingerprint density at radius 1 is 1.47 bits per heavy atom. The first kappa shape index (κ1) is 12.0. The zero-order valence-corrected chi connectivity index (χ0v) is 10.8. The van der Waals surface area contributed by atoms with E-state index in [0.717, 1.165) is 29.9 Å². The highest BCUT2D eigenvalue weighted by atomic mass is 16.4. The summed E-state index contributed by atoms with van der Waals surface area (Å²) < 4.78 is 1.82. The van der Waals surface area contributed by atoms with Crippen LogP contribution < -0.4 is 0 Å². The van der Waals surface area contributed by atoms with Gasteiger partial charge >= 0.3 is 5.97 Å². The smallest absolute Gasteiger partial charge is 0.326 e. The number of imidazole rings is 1. The third-order valence-corrected chi connectivity index (χ3v) is 3.62. The van der Waals surface area contributed by atoms with E-state index in [-0.39, 0.29) is 0 Å². The Hall–Kier alpha value is -2.10. The van der Waals surface area contributed by atoms with Crippen molar-refractivity contribution in [2.45, 2.75) is 32.2 Å². The van der Waals surface area contributed by atoms with Crippen molar-refractivity contribution in [3.05, 3.63) is 41.9 Å². The Morgan fingerprint density at radius 3 is 3.05 bits per heavy atom. The minimum atomic E-state index is -0.769. The third-order valence-electron chi connectivity index (χ3n) is 3.62. The SMILES string of the molecule is Cc1cccc(-c2cn3c(n2)CCCC3C(=O)O)c1. The van der Waals surface area contributed by atoms with Crippen molar-refractivity contribution < 1.29 is 9.90 Å². The van der Waals surface area contributed by atoms with Gasteiger partial charge in [-0.2, -0.15) is 0 Å². The highest BCUT2D eigenvalue weighted by molar-refractivity contribution is 5.72. The van der Waals surface area contributed by atoms with E-state index < -0.39 is 12.0 Å². The van der Waals surface area contributed by atoms with E-state index >= 15 is 0 Å². The summed E-state index contributed by atoms with van der Waals surface area (Å²) in [6.45, 7) is 2.04. The molecule has 4 heteroatoms. The maximum Gasteiger partial charge on any atom is 0.326 e. The summed E-state index contributed by atoms with van der Waals surface area (Å²) in [6.07, 6.45) is 4.31. The highest BCUT2D eigenvalue weighted by Crippen LogP contribution is 2.28. The van der Waals surface area contributed by atoms with Crippen LogP contribution in [0.5, 0.6) is 0 Å². The van der Waals surface area contributed by atoms with Crippen molar-refractivity contribution in [2.24, 2.45) is 0 Å². The van der Waals surface area contributed by atoms with Gasteiger partial charge in [0.25, 0.3) is 0 Å². The molecule has 0 saturated heterocycles. The number of aromatic nitrogens is 2. The number of nitrogens with zero attached hydrogens (tertiary/aromatic N) is 2. The zero-order valence-electron chi connectivity index (χ0n) is 10.8. The van der Waals surface area contributed by atoms with Crippen molar-refractivity contribution >= 4 is 5.97 Å². The molecule has 1 aliphatic heterocycles. The van der Waals surface area contributed by atoms with Crippen LogP contribution in [0, 0.1) is 6.92 Å². The number of carboxylic acids is 1. The van der Waals surface area contributed by atoms with Crippen LogP contribution in [0.2, 0.25) is 0 Å². The van der Waals surface area contributed by atoms with E-state index in [2.05, 4.69) is 11.1 Å². The van der Waals surface area contributed by atoms with Crippen molar-refractivity contribution in [1.29, 1.82) is 0 Å². The van der Waals surface area contributed by atoms with Crippen molar-refractivity contribution in [1.82, 2.24) is 9.55 Å².